The second-order valence-corrected chi connectivity index (χ2v) is 6.85. The van der Waals surface area contributed by atoms with Gasteiger partial charge in [-0.3, -0.25) is 0 Å². The molecule has 0 radical (unpaired) electrons. The van der Waals surface area contributed by atoms with Crippen molar-refractivity contribution in [2.75, 3.05) is 13.2 Å². The van der Waals surface area contributed by atoms with Crippen LogP contribution in [-0.4, -0.2) is 24.2 Å². The second-order valence-electron chi connectivity index (χ2n) is 6.00. The summed E-state index contributed by atoms with van der Waals surface area (Å²) in [4.78, 5) is 16.4. The van der Waals surface area contributed by atoms with E-state index in [-0.39, 0.29) is 12.4 Å². The van der Waals surface area contributed by atoms with Crippen LogP contribution in [0, 0.1) is 5.82 Å². The van der Waals surface area contributed by atoms with Gasteiger partial charge in [-0.25, -0.2) is 14.2 Å². The van der Waals surface area contributed by atoms with Crippen molar-refractivity contribution in [3.8, 4) is 22.1 Å². The first-order chi connectivity index (χ1) is 13.7. The molecule has 1 aromatic heterocycles. The topological polar surface area (TPSA) is 57.7 Å². The maximum absolute atomic E-state index is 13.0. The summed E-state index contributed by atoms with van der Waals surface area (Å²) in [5.41, 5.74) is 2.28. The number of aromatic nitrogens is 1. The van der Waals surface area contributed by atoms with Gasteiger partial charge in [0.2, 0.25) is 0 Å². The summed E-state index contributed by atoms with van der Waals surface area (Å²) in [6, 6.07) is 11.6. The van der Waals surface area contributed by atoms with Crippen LogP contribution in [0.15, 0.2) is 53.9 Å². The van der Waals surface area contributed by atoms with Crippen molar-refractivity contribution in [3.05, 3.63) is 71.0 Å². The number of halogens is 1. The highest BCUT2D eigenvalue weighted by Crippen LogP contribution is 2.31. The second kappa shape index (κ2) is 8.22. The Morgan fingerprint density at radius 2 is 1.93 bits per heavy atom. The highest BCUT2D eigenvalue weighted by molar-refractivity contribution is 7.13. The monoisotopic (exact) mass is 397 g/mol. The number of nitrogens with zero attached hydrogens (tertiary/aromatic N) is 1. The predicted octanol–water partition coefficient (Wildman–Crippen LogP) is 4.48. The first-order valence-corrected chi connectivity index (χ1v) is 9.50. The molecule has 0 bridgehead atoms. The fourth-order valence-corrected chi connectivity index (χ4v) is 3.43. The number of carbonyl (C=O) groups is 1. The van der Waals surface area contributed by atoms with Crippen LogP contribution in [0.4, 0.5) is 4.39 Å². The van der Waals surface area contributed by atoms with Gasteiger partial charge >= 0.3 is 5.97 Å². The summed E-state index contributed by atoms with van der Waals surface area (Å²) in [6.07, 6.45) is 3.02. The molecule has 0 amide bonds. The molecule has 3 aromatic rings. The van der Waals surface area contributed by atoms with Crippen LogP contribution >= 0.6 is 11.3 Å². The van der Waals surface area contributed by atoms with Gasteiger partial charge in [0.1, 0.15) is 30.6 Å². The van der Waals surface area contributed by atoms with Crippen molar-refractivity contribution >= 4 is 23.4 Å². The van der Waals surface area contributed by atoms with Gasteiger partial charge in [-0.05, 0) is 48.0 Å². The number of hydrogen-bond acceptors (Lipinski definition) is 6. The fraction of sp³-hybridized carbons (Fsp3) is 0.143. The molecule has 0 saturated heterocycles. The maximum Gasteiger partial charge on any atom is 0.331 e. The van der Waals surface area contributed by atoms with E-state index in [0.29, 0.717) is 30.4 Å². The van der Waals surface area contributed by atoms with Crippen LogP contribution in [0.1, 0.15) is 11.3 Å². The van der Waals surface area contributed by atoms with Gasteiger partial charge in [-0.1, -0.05) is 6.07 Å². The largest absolute Gasteiger partial charge is 0.486 e. The van der Waals surface area contributed by atoms with E-state index in [1.54, 1.807) is 18.2 Å². The molecule has 2 heterocycles. The van der Waals surface area contributed by atoms with Crippen LogP contribution in [-0.2, 0) is 16.1 Å². The van der Waals surface area contributed by atoms with E-state index >= 15 is 0 Å². The predicted molar refractivity (Wildman–Crippen MR) is 104 cm³/mol. The lowest BCUT2D eigenvalue weighted by Gasteiger charge is -2.18. The van der Waals surface area contributed by atoms with Crippen LogP contribution in [0.5, 0.6) is 11.5 Å². The summed E-state index contributed by atoms with van der Waals surface area (Å²) in [7, 11) is 0. The Hall–Kier alpha value is -3.19. The van der Waals surface area contributed by atoms with Gasteiger partial charge in [0.25, 0.3) is 0 Å². The van der Waals surface area contributed by atoms with Crippen molar-refractivity contribution in [1.29, 1.82) is 0 Å². The molecule has 5 nitrogen and oxygen atoms in total. The Balaban J connectivity index is 1.33. The lowest BCUT2D eigenvalue weighted by molar-refractivity contribution is -0.139. The average molecular weight is 397 g/mol. The molecular formula is C21H16FNO4S. The third-order valence-electron chi connectivity index (χ3n) is 3.98. The van der Waals surface area contributed by atoms with E-state index in [9.17, 15) is 9.18 Å². The van der Waals surface area contributed by atoms with Crippen molar-refractivity contribution in [2.24, 2.45) is 0 Å². The maximum atomic E-state index is 13.0. The number of hydrogen-bond donors (Lipinski definition) is 0. The minimum Gasteiger partial charge on any atom is -0.486 e. The summed E-state index contributed by atoms with van der Waals surface area (Å²) in [6.45, 7) is 1.12. The van der Waals surface area contributed by atoms with E-state index in [0.717, 1.165) is 16.1 Å². The number of fused-ring (bicyclic) bond motifs is 1. The Labute approximate surface area is 165 Å². The van der Waals surface area contributed by atoms with Gasteiger partial charge in [-0.2, -0.15) is 0 Å². The smallest absolute Gasteiger partial charge is 0.331 e. The van der Waals surface area contributed by atoms with Crippen LogP contribution in [0.3, 0.4) is 0 Å². The summed E-state index contributed by atoms with van der Waals surface area (Å²) in [5, 5.41) is 2.56. The molecule has 0 atom stereocenters. The molecule has 0 fully saturated rings. The third-order valence-corrected chi connectivity index (χ3v) is 4.92. The minimum absolute atomic E-state index is 0.0714. The average Bonchev–Trinajstić information content (AvgIpc) is 3.20. The highest BCUT2D eigenvalue weighted by atomic mass is 32.1. The van der Waals surface area contributed by atoms with E-state index in [1.165, 1.54) is 29.5 Å². The third kappa shape index (κ3) is 4.37. The Kier molecular flexibility index (Phi) is 5.34. The van der Waals surface area contributed by atoms with Crippen LogP contribution in [0.2, 0.25) is 0 Å². The minimum atomic E-state index is -0.466. The van der Waals surface area contributed by atoms with E-state index in [1.807, 2.05) is 23.6 Å². The fourth-order valence-electron chi connectivity index (χ4n) is 2.62. The molecule has 0 N–H and O–H groups in total. The van der Waals surface area contributed by atoms with E-state index in [2.05, 4.69) is 4.98 Å². The number of ether oxygens (including phenoxy) is 3. The van der Waals surface area contributed by atoms with Crippen molar-refractivity contribution in [2.45, 2.75) is 6.61 Å². The van der Waals surface area contributed by atoms with Crippen LogP contribution < -0.4 is 9.47 Å². The standard InChI is InChI=1S/C21H16FNO4S/c22-16-5-3-15(4-6-16)21-23-17(13-28-21)12-27-20(24)8-2-14-1-7-18-19(11-14)26-10-9-25-18/h1-8,11,13H,9-10,12H2/b8-2+. The molecule has 0 saturated carbocycles. The first kappa shape index (κ1) is 18.2. The molecule has 0 aliphatic carbocycles. The molecule has 4 rings (SSSR count). The number of esters is 1. The zero-order chi connectivity index (χ0) is 19.3. The summed E-state index contributed by atoms with van der Waals surface area (Å²) >= 11 is 1.41. The molecular weight excluding hydrogens is 381 g/mol. The molecule has 28 heavy (non-hydrogen) atoms. The lowest BCUT2D eigenvalue weighted by atomic mass is 10.2. The Bertz CT molecular complexity index is 1010. The quantitative estimate of drug-likeness (QED) is 0.469. The molecule has 0 unspecified atom stereocenters. The van der Waals surface area contributed by atoms with Crippen molar-refractivity contribution < 1.29 is 23.4 Å². The first-order valence-electron chi connectivity index (χ1n) is 8.62. The highest BCUT2D eigenvalue weighted by Gasteiger charge is 2.11. The normalized spacial score (nSPS) is 12.9. The number of carbonyl (C=O) groups excluding carboxylic acids is 1. The summed E-state index contributed by atoms with van der Waals surface area (Å²) < 4.78 is 29.2. The van der Waals surface area contributed by atoms with Gasteiger partial charge in [0, 0.05) is 17.0 Å². The SMILES string of the molecule is O=C(/C=C/c1ccc2c(c1)OCCO2)OCc1csc(-c2ccc(F)cc2)n1. The lowest BCUT2D eigenvalue weighted by Crippen LogP contribution is -2.15. The van der Waals surface area contributed by atoms with Gasteiger partial charge in [0.15, 0.2) is 11.5 Å². The van der Waals surface area contributed by atoms with Crippen LogP contribution in [0.25, 0.3) is 16.6 Å². The van der Waals surface area contributed by atoms with Crippen molar-refractivity contribution in [3.63, 3.8) is 0 Å². The zero-order valence-electron chi connectivity index (χ0n) is 14.8. The molecule has 142 valence electrons. The summed E-state index contributed by atoms with van der Waals surface area (Å²) in [5.74, 6) is 0.606. The number of rotatable bonds is 5. The Morgan fingerprint density at radius 3 is 2.75 bits per heavy atom. The molecule has 0 spiro atoms. The molecule has 1 aliphatic heterocycles. The van der Waals surface area contributed by atoms with Crippen molar-refractivity contribution in [1.82, 2.24) is 4.98 Å². The molecule has 1 aliphatic rings. The Morgan fingerprint density at radius 1 is 1.14 bits per heavy atom. The molecule has 7 heteroatoms. The van der Waals surface area contributed by atoms with Gasteiger partial charge < -0.3 is 14.2 Å². The van der Waals surface area contributed by atoms with Gasteiger partial charge in [-0.15, -0.1) is 11.3 Å². The number of thiazole rings is 1. The van der Waals surface area contributed by atoms with Gasteiger partial charge in [0.05, 0.1) is 5.69 Å². The van der Waals surface area contributed by atoms with E-state index in [4.69, 9.17) is 14.2 Å². The zero-order valence-corrected chi connectivity index (χ0v) is 15.6. The van der Waals surface area contributed by atoms with E-state index < -0.39 is 5.97 Å². The molecule has 2 aromatic carbocycles. The number of benzene rings is 2.